The normalized spacial score (nSPS) is 24.8. The van der Waals surface area contributed by atoms with Gasteiger partial charge in [0.1, 0.15) is 0 Å². The van der Waals surface area contributed by atoms with Crippen LogP contribution >= 0.6 is 22.9 Å². The summed E-state index contributed by atoms with van der Waals surface area (Å²) in [5.41, 5.74) is 0. The van der Waals surface area contributed by atoms with Crippen molar-refractivity contribution >= 4 is 22.9 Å². The summed E-state index contributed by atoms with van der Waals surface area (Å²) in [5, 5.41) is 3.69. The van der Waals surface area contributed by atoms with Gasteiger partial charge in [0, 0.05) is 36.6 Å². The summed E-state index contributed by atoms with van der Waals surface area (Å²) in [7, 11) is 0. The average molecular weight is 301 g/mol. The Labute approximate surface area is 126 Å². The second-order valence-corrected chi connectivity index (χ2v) is 7.21. The van der Waals surface area contributed by atoms with Gasteiger partial charge in [-0.25, -0.2) is 0 Å². The van der Waals surface area contributed by atoms with Crippen LogP contribution in [-0.4, -0.2) is 36.6 Å². The molecule has 4 heteroatoms. The number of nitrogens with zero attached hydrogens (tertiary/aromatic N) is 1. The van der Waals surface area contributed by atoms with Gasteiger partial charge < -0.3 is 5.32 Å². The van der Waals surface area contributed by atoms with E-state index >= 15 is 0 Å². The first-order valence-corrected chi connectivity index (χ1v) is 8.64. The van der Waals surface area contributed by atoms with Crippen molar-refractivity contribution in [3.05, 3.63) is 21.3 Å². The molecule has 1 aliphatic heterocycles. The molecule has 1 aromatic rings. The standard InChI is InChI=1S/C15H25ClN2S/c1-3-5-12-11-18(13(4-2)10-17-12)9-8-14-6-7-15(16)19-14/h6-7,12-13,17H,3-5,8-11H2,1-2H3. The van der Waals surface area contributed by atoms with Gasteiger partial charge in [0.2, 0.25) is 0 Å². The quantitative estimate of drug-likeness (QED) is 0.860. The van der Waals surface area contributed by atoms with E-state index in [2.05, 4.69) is 30.1 Å². The molecule has 0 bridgehead atoms. The molecule has 108 valence electrons. The Bertz CT molecular complexity index is 380. The maximum Gasteiger partial charge on any atom is 0.0931 e. The summed E-state index contributed by atoms with van der Waals surface area (Å²) in [6, 6.07) is 5.55. The molecule has 2 nitrogen and oxygen atoms in total. The van der Waals surface area contributed by atoms with E-state index < -0.39 is 0 Å². The van der Waals surface area contributed by atoms with Crippen LogP contribution in [0, 0.1) is 0 Å². The van der Waals surface area contributed by atoms with Gasteiger partial charge in [-0.3, -0.25) is 4.90 Å². The first-order valence-electron chi connectivity index (χ1n) is 7.44. The second-order valence-electron chi connectivity index (χ2n) is 5.41. The minimum absolute atomic E-state index is 0.680. The van der Waals surface area contributed by atoms with Crippen LogP contribution in [0.2, 0.25) is 4.34 Å². The van der Waals surface area contributed by atoms with E-state index in [1.807, 2.05) is 6.07 Å². The number of nitrogens with one attached hydrogen (secondary N) is 1. The SMILES string of the molecule is CCCC1CN(CCc2ccc(Cl)s2)C(CC)CN1. The fourth-order valence-electron chi connectivity index (χ4n) is 2.89. The highest BCUT2D eigenvalue weighted by atomic mass is 35.5. The smallest absolute Gasteiger partial charge is 0.0931 e. The van der Waals surface area contributed by atoms with Crippen molar-refractivity contribution in [2.75, 3.05) is 19.6 Å². The Morgan fingerprint density at radius 3 is 2.89 bits per heavy atom. The van der Waals surface area contributed by atoms with Crippen molar-refractivity contribution in [3.63, 3.8) is 0 Å². The van der Waals surface area contributed by atoms with E-state index in [4.69, 9.17) is 11.6 Å². The summed E-state index contributed by atoms with van der Waals surface area (Å²) < 4.78 is 0.909. The molecule has 0 aliphatic carbocycles. The summed E-state index contributed by atoms with van der Waals surface area (Å²) in [6.07, 6.45) is 4.92. The lowest BCUT2D eigenvalue weighted by Crippen LogP contribution is -2.56. The molecule has 0 spiro atoms. The topological polar surface area (TPSA) is 15.3 Å². The van der Waals surface area contributed by atoms with E-state index in [0.717, 1.165) is 23.8 Å². The Balaban J connectivity index is 1.87. The highest BCUT2D eigenvalue weighted by Crippen LogP contribution is 2.22. The molecule has 0 aromatic carbocycles. The lowest BCUT2D eigenvalue weighted by atomic mass is 10.0. The van der Waals surface area contributed by atoms with Crippen molar-refractivity contribution in [1.82, 2.24) is 10.2 Å². The van der Waals surface area contributed by atoms with Gasteiger partial charge in [0.25, 0.3) is 0 Å². The van der Waals surface area contributed by atoms with E-state index in [9.17, 15) is 0 Å². The number of piperazine rings is 1. The van der Waals surface area contributed by atoms with Crippen molar-refractivity contribution in [2.24, 2.45) is 0 Å². The third kappa shape index (κ3) is 4.45. The first-order chi connectivity index (χ1) is 9.22. The van der Waals surface area contributed by atoms with Gasteiger partial charge >= 0.3 is 0 Å². The van der Waals surface area contributed by atoms with Crippen LogP contribution in [-0.2, 0) is 6.42 Å². The summed E-state index contributed by atoms with van der Waals surface area (Å²) in [5.74, 6) is 0. The molecule has 1 aromatic heterocycles. The van der Waals surface area contributed by atoms with E-state index in [1.54, 1.807) is 11.3 Å². The molecule has 1 saturated heterocycles. The Morgan fingerprint density at radius 2 is 2.26 bits per heavy atom. The molecule has 1 fully saturated rings. The molecule has 19 heavy (non-hydrogen) atoms. The number of hydrogen-bond donors (Lipinski definition) is 1. The van der Waals surface area contributed by atoms with Crippen LogP contribution in [0.4, 0.5) is 0 Å². The molecular formula is C15H25ClN2S. The second kappa shape index (κ2) is 7.63. The molecule has 0 saturated carbocycles. The summed E-state index contributed by atoms with van der Waals surface area (Å²) in [6.45, 7) is 8.07. The van der Waals surface area contributed by atoms with Crippen molar-refractivity contribution < 1.29 is 0 Å². The molecule has 2 heterocycles. The van der Waals surface area contributed by atoms with E-state index in [0.29, 0.717) is 12.1 Å². The zero-order chi connectivity index (χ0) is 13.7. The van der Waals surface area contributed by atoms with Crippen molar-refractivity contribution in [3.8, 4) is 0 Å². The zero-order valence-electron chi connectivity index (χ0n) is 12.0. The molecule has 1 aliphatic rings. The maximum absolute atomic E-state index is 6.00. The molecular weight excluding hydrogens is 276 g/mol. The van der Waals surface area contributed by atoms with Gasteiger partial charge in [0.15, 0.2) is 0 Å². The fourth-order valence-corrected chi connectivity index (χ4v) is 3.96. The van der Waals surface area contributed by atoms with Crippen LogP contribution in [0.3, 0.4) is 0 Å². The monoisotopic (exact) mass is 300 g/mol. The number of hydrogen-bond acceptors (Lipinski definition) is 3. The van der Waals surface area contributed by atoms with Crippen molar-refractivity contribution in [1.29, 1.82) is 0 Å². The molecule has 0 radical (unpaired) electrons. The Kier molecular flexibility index (Phi) is 6.14. The first kappa shape index (κ1) is 15.3. The van der Waals surface area contributed by atoms with Crippen LogP contribution in [0.25, 0.3) is 0 Å². The van der Waals surface area contributed by atoms with Gasteiger partial charge in [-0.15, -0.1) is 11.3 Å². The zero-order valence-corrected chi connectivity index (χ0v) is 13.6. The van der Waals surface area contributed by atoms with Gasteiger partial charge in [-0.1, -0.05) is 31.9 Å². The minimum Gasteiger partial charge on any atom is -0.311 e. The predicted octanol–water partition coefficient (Wildman–Crippen LogP) is 3.80. The summed E-state index contributed by atoms with van der Waals surface area (Å²) in [4.78, 5) is 4.08. The van der Waals surface area contributed by atoms with Crippen LogP contribution < -0.4 is 5.32 Å². The van der Waals surface area contributed by atoms with E-state index in [1.165, 1.54) is 30.7 Å². The van der Waals surface area contributed by atoms with Crippen molar-refractivity contribution in [2.45, 2.75) is 51.6 Å². The van der Waals surface area contributed by atoms with Gasteiger partial charge in [0.05, 0.1) is 4.34 Å². The lowest BCUT2D eigenvalue weighted by Gasteiger charge is -2.40. The number of thiophene rings is 1. The number of rotatable bonds is 6. The third-order valence-corrected chi connectivity index (χ3v) is 5.29. The molecule has 2 unspecified atom stereocenters. The average Bonchev–Trinajstić information content (AvgIpc) is 2.83. The predicted molar refractivity (Wildman–Crippen MR) is 85.4 cm³/mol. The Hall–Kier alpha value is -0.0900. The van der Waals surface area contributed by atoms with Crippen LogP contribution in [0.5, 0.6) is 0 Å². The molecule has 1 N–H and O–H groups in total. The third-order valence-electron chi connectivity index (χ3n) is 4.00. The largest absolute Gasteiger partial charge is 0.311 e. The molecule has 0 amide bonds. The van der Waals surface area contributed by atoms with Gasteiger partial charge in [-0.2, -0.15) is 0 Å². The summed E-state index contributed by atoms with van der Waals surface area (Å²) >= 11 is 7.72. The van der Waals surface area contributed by atoms with Crippen LogP contribution in [0.15, 0.2) is 12.1 Å². The molecule has 2 rings (SSSR count). The Morgan fingerprint density at radius 1 is 1.42 bits per heavy atom. The molecule has 2 atom stereocenters. The highest BCUT2D eigenvalue weighted by molar-refractivity contribution is 7.16. The van der Waals surface area contributed by atoms with Gasteiger partial charge in [-0.05, 0) is 31.4 Å². The van der Waals surface area contributed by atoms with E-state index in [-0.39, 0.29) is 0 Å². The fraction of sp³-hybridized carbons (Fsp3) is 0.733. The highest BCUT2D eigenvalue weighted by Gasteiger charge is 2.25. The maximum atomic E-state index is 6.00. The number of halogens is 1. The lowest BCUT2D eigenvalue weighted by molar-refractivity contribution is 0.125. The minimum atomic E-state index is 0.680. The van der Waals surface area contributed by atoms with Crippen LogP contribution in [0.1, 0.15) is 38.0 Å².